The molecule has 15 heavy (non-hydrogen) atoms. The maximum atomic E-state index is 13.0. The van der Waals surface area contributed by atoms with Crippen LogP contribution in [0.2, 0.25) is 0 Å². The van der Waals surface area contributed by atoms with Gasteiger partial charge >= 0.3 is 6.16 Å². The number of ether oxygens (including phenoxy) is 3. The van der Waals surface area contributed by atoms with E-state index in [0.717, 1.165) is 0 Å². The smallest absolute Gasteiger partial charge is 0.424 e. The maximum absolute atomic E-state index is 13.0. The van der Waals surface area contributed by atoms with Crippen LogP contribution in [-0.2, 0) is 14.2 Å². The Bertz CT molecular complexity index is 277. The van der Waals surface area contributed by atoms with E-state index in [2.05, 4.69) is 0 Å². The number of allylic oxidation sites excluding steroid dienone is 1. The summed E-state index contributed by atoms with van der Waals surface area (Å²) in [7, 11) is 0. The molecular weight excluding hydrogens is 203 g/mol. The van der Waals surface area contributed by atoms with Crippen LogP contribution >= 0.6 is 0 Å². The van der Waals surface area contributed by atoms with E-state index >= 15 is 0 Å². The Kier molecular flexibility index (Phi) is 3.68. The van der Waals surface area contributed by atoms with Gasteiger partial charge in [0.05, 0.1) is 0 Å². The lowest BCUT2D eigenvalue weighted by Crippen LogP contribution is -2.38. The Morgan fingerprint density at radius 1 is 1.73 bits per heavy atom. The van der Waals surface area contributed by atoms with Gasteiger partial charge < -0.3 is 14.2 Å². The lowest BCUT2D eigenvalue weighted by molar-refractivity contribution is -0.182. The Morgan fingerprint density at radius 2 is 2.40 bits per heavy atom. The monoisotopic (exact) mass is 218 g/mol. The van der Waals surface area contributed by atoms with Gasteiger partial charge in [-0.2, -0.15) is 0 Å². The molecule has 0 bridgehead atoms. The van der Waals surface area contributed by atoms with Gasteiger partial charge in [0.25, 0.3) is 5.79 Å². The molecule has 0 N–H and O–H groups in total. The van der Waals surface area contributed by atoms with Gasteiger partial charge in [-0.3, -0.25) is 0 Å². The van der Waals surface area contributed by atoms with E-state index in [4.69, 9.17) is 14.2 Å². The Hall–Kier alpha value is -1.10. The Labute approximate surface area is 88.0 Å². The fourth-order valence-corrected chi connectivity index (χ4v) is 1.16. The molecule has 2 unspecified atom stereocenters. The zero-order valence-electron chi connectivity index (χ0n) is 9.08. The number of hydrogen-bond acceptors (Lipinski definition) is 4. The highest BCUT2D eigenvalue weighted by Gasteiger charge is 2.46. The van der Waals surface area contributed by atoms with E-state index in [1.54, 1.807) is 13.8 Å². The second kappa shape index (κ2) is 4.61. The first kappa shape index (κ1) is 12.0. The van der Waals surface area contributed by atoms with Gasteiger partial charge in [-0.25, -0.2) is 9.18 Å². The number of halogens is 1. The Morgan fingerprint density at radius 3 is 2.87 bits per heavy atom. The molecule has 1 fully saturated rings. The zero-order valence-corrected chi connectivity index (χ0v) is 9.08. The van der Waals surface area contributed by atoms with E-state index in [-0.39, 0.29) is 12.4 Å². The highest BCUT2D eigenvalue weighted by Crippen LogP contribution is 2.28. The van der Waals surface area contributed by atoms with Gasteiger partial charge in [-0.05, 0) is 13.3 Å². The minimum absolute atomic E-state index is 0.217. The van der Waals surface area contributed by atoms with Crippen LogP contribution in [0.3, 0.4) is 0 Å². The van der Waals surface area contributed by atoms with E-state index in [0.29, 0.717) is 6.42 Å². The molecule has 4 nitrogen and oxygen atoms in total. The summed E-state index contributed by atoms with van der Waals surface area (Å²) in [5, 5.41) is 0. The van der Waals surface area contributed by atoms with Gasteiger partial charge in [0, 0.05) is 6.92 Å². The van der Waals surface area contributed by atoms with E-state index in [9.17, 15) is 9.18 Å². The van der Waals surface area contributed by atoms with Crippen molar-refractivity contribution in [2.24, 2.45) is 0 Å². The lowest BCUT2D eigenvalue weighted by atomic mass is 10.2. The topological polar surface area (TPSA) is 44.8 Å². The van der Waals surface area contributed by atoms with Gasteiger partial charge in [-0.1, -0.05) is 13.0 Å². The molecule has 1 rings (SSSR count). The van der Waals surface area contributed by atoms with Crippen LogP contribution in [0.4, 0.5) is 9.18 Å². The molecule has 86 valence electrons. The SMILES string of the molecule is CC/C=C(/F)COC1(C)OC(=O)OC1C. The van der Waals surface area contributed by atoms with Crippen LogP contribution in [0, 0.1) is 0 Å². The minimum atomic E-state index is -1.20. The largest absolute Gasteiger partial charge is 0.511 e. The molecule has 2 atom stereocenters. The summed E-state index contributed by atoms with van der Waals surface area (Å²) < 4.78 is 27.7. The van der Waals surface area contributed by atoms with Crippen molar-refractivity contribution < 1.29 is 23.4 Å². The molecule has 5 heteroatoms. The average Bonchev–Trinajstić information content (AvgIpc) is 2.39. The predicted molar refractivity (Wildman–Crippen MR) is 50.9 cm³/mol. The molecule has 1 aliphatic rings. The first-order valence-electron chi connectivity index (χ1n) is 4.86. The number of carbonyl (C=O) groups is 1. The van der Waals surface area contributed by atoms with Crippen LogP contribution in [0.1, 0.15) is 27.2 Å². The molecule has 0 aromatic carbocycles. The van der Waals surface area contributed by atoms with Crippen LogP contribution in [0.5, 0.6) is 0 Å². The van der Waals surface area contributed by atoms with Crippen molar-refractivity contribution in [2.45, 2.75) is 39.1 Å². The van der Waals surface area contributed by atoms with Crippen LogP contribution in [-0.4, -0.2) is 24.7 Å². The predicted octanol–water partition coefficient (Wildman–Crippen LogP) is 2.54. The summed E-state index contributed by atoms with van der Waals surface area (Å²) in [5.74, 6) is -1.58. The molecule has 1 aliphatic heterocycles. The summed E-state index contributed by atoms with van der Waals surface area (Å²) in [6.45, 7) is 4.78. The van der Waals surface area contributed by atoms with Crippen molar-refractivity contribution in [2.75, 3.05) is 6.61 Å². The molecule has 1 saturated heterocycles. The van der Waals surface area contributed by atoms with Crippen LogP contribution in [0.25, 0.3) is 0 Å². The van der Waals surface area contributed by atoms with E-state index in [1.807, 2.05) is 6.92 Å². The summed E-state index contributed by atoms with van der Waals surface area (Å²) >= 11 is 0. The van der Waals surface area contributed by atoms with Gasteiger partial charge in [0.2, 0.25) is 0 Å². The number of hydrogen-bond donors (Lipinski definition) is 0. The third-order valence-corrected chi connectivity index (χ3v) is 2.22. The number of rotatable bonds is 4. The molecule has 1 heterocycles. The van der Waals surface area contributed by atoms with Crippen LogP contribution in [0.15, 0.2) is 11.9 Å². The van der Waals surface area contributed by atoms with E-state index in [1.165, 1.54) is 6.08 Å². The molecule has 0 amide bonds. The summed E-state index contributed by atoms with van der Waals surface area (Å²) in [6, 6.07) is 0. The number of cyclic esters (lactones) is 2. The molecule has 0 aliphatic carbocycles. The second-order valence-corrected chi connectivity index (χ2v) is 3.48. The fourth-order valence-electron chi connectivity index (χ4n) is 1.16. The minimum Gasteiger partial charge on any atom is -0.424 e. The van der Waals surface area contributed by atoms with Crippen LogP contribution < -0.4 is 0 Å². The summed E-state index contributed by atoms with van der Waals surface area (Å²) in [4.78, 5) is 10.8. The molecule has 0 radical (unpaired) electrons. The normalized spacial score (nSPS) is 31.3. The molecule has 0 saturated carbocycles. The molecule has 0 aromatic heterocycles. The zero-order chi connectivity index (χ0) is 11.5. The van der Waals surface area contributed by atoms with Crippen molar-refractivity contribution in [3.8, 4) is 0 Å². The van der Waals surface area contributed by atoms with Crippen molar-refractivity contribution >= 4 is 6.16 Å². The van der Waals surface area contributed by atoms with Gasteiger partial charge in [0.15, 0.2) is 6.10 Å². The average molecular weight is 218 g/mol. The number of carbonyl (C=O) groups excluding carboxylic acids is 1. The molecule has 0 aromatic rings. The highest BCUT2D eigenvalue weighted by atomic mass is 19.1. The van der Waals surface area contributed by atoms with E-state index < -0.39 is 18.0 Å². The molecular formula is C10H15FO4. The van der Waals surface area contributed by atoms with Gasteiger partial charge in [-0.15, -0.1) is 0 Å². The van der Waals surface area contributed by atoms with Crippen molar-refractivity contribution in [3.05, 3.63) is 11.9 Å². The van der Waals surface area contributed by atoms with Crippen molar-refractivity contribution in [1.82, 2.24) is 0 Å². The lowest BCUT2D eigenvalue weighted by Gasteiger charge is -2.23. The first-order chi connectivity index (χ1) is 6.98. The highest BCUT2D eigenvalue weighted by molar-refractivity contribution is 5.62. The van der Waals surface area contributed by atoms with Gasteiger partial charge in [0.1, 0.15) is 12.4 Å². The maximum Gasteiger partial charge on any atom is 0.511 e. The first-order valence-corrected chi connectivity index (χ1v) is 4.86. The summed E-state index contributed by atoms with van der Waals surface area (Å²) in [6.07, 6.45) is 0.674. The third kappa shape index (κ3) is 2.92. The van der Waals surface area contributed by atoms with Crippen molar-refractivity contribution in [3.63, 3.8) is 0 Å². The second-order valence-electron chi connectivity index (χ2n) is 3.48. The Balaban J connectivity index is 2.50. The third-order valence-electron chi connectivity index (χ3n) is 2.22. The summed E-state index contributed by atoms with van der Waals surface area (Å²) in [5.41, 5.74) is 0. The standard InChI is InChI=1S/C10H15FO4/c1-4-5-8(11)6-13-10(3)7(2)14-9(12)15-10/h5,7H,4,6H2,1-3H3/b8-5+. The fraction of sp³-hybridized carbons (Fsp3) is 0.700. The molecule has 0 spiro atoms. The van der Waals surface area contributed by atoms with Crippen molar-refractivity contribution in [1.29, 1.82) is 0 Å². The quantitative estimate of drug-likeness (QED) is 0.680.